The number of halogens is 1. The minimum atomic E-state index is -3.03. The lowest BCUT2D eigenvalue weighted by Crippen LogP contribution is -2.48. The van der Waals surface area contributed by atoms with Crippen LogP contribution in [-0.2, 0) is 10.0 Å². The molecule has 0 saturated carbocycles. The first-order chi connectivity index (χ1) is 6.05. The third-order valence-corrected chi connectivity index (χ3v) is 3.92. The van der Waals surface area contributed by atoms with E-state index in [1.165, 1.54) is 0 Å². The molecule has 2 unspecified atom stereocenters. The zero-order chi connectivity index (χ0) is 9.90. The Kier molecular flexibility index (Phi) is 5.97. The number of hydrogen-bond donors (Lipinski definition) is 2. The highest BCUT2D eigenvalue weighted by molar-refractivity contribution is 7.89. The molecule has 4 nitrogen and oxygen atoms in total. The van der Waals surface area contributed by atoms with E-state index in [0.717, 1.165) is 19.5 Å². The Morgan fingerprint density at radius 1 is 1.50 bits per heavy atom. The summed E-state index contributed by atoms with van der Waals surface area (Å²) in [5, 5.41) is 3.23. The van der Waals surface area contributed by atoms with Crippen molar-refractivity contribution in [2.45, 2.75) is 26.3 Å². The van der Waals surface area contributed by atoms with Crippen molar-refractivity contribution in [3.8, 4) is 0 Å². The van der Waals surface area contributed by atoms with E-state index < -0.39 is 10.0 Å². The largest absolute Gasteiger partial charge is 0.316 e. The van der Waals surface area contributed by atoms with Gasteiger partial charge in [-0.05, 0) is 32.4 Å². The molecular weight excluding hydrogens is 224 g/mol. The molecule has 0 aromatic carbocycles. The second kappa shape index (κ2) is 5.90. The van der Waals surface area contributed by atoms with Crippen LogP contribution >= 0.6 is 12.4 Å². The minimum absolute atomic E-state index is 0. The molecule has 0 aliphatic carbocycles. The molecular formula is C8H19ClN2O2S. The predicted octanol–water partition coefficient (Wildman–Crippen LogP) is 0.345. The molecule has 14 heavy (non-hydrogen) atoms. The van der Waals surface area contributed by atoms with Crippen molar-refractivity contribution in [1.82, 2.24) is 10.0 Å². The Balaban J connectivity index is 0.00000169. The second-order valence-electron chi connectivity index (χ2n) is 3.60. The molecule has 0 aromatic rings. The summed E-state index contributed by atoms with van der Waals surface area (Å²) in [6, 6.07) is 0.117. The molecule has 0 bridgehead atoms. The molecule has 2 N–H and O–H groups in total. The van der Waals surface area contributed by atoms with Gasteiger partial charge in [-0.25, -0.2) is 13.1 Å². The molecule has 1 fully saturated rings. The molecule has 0 radical (unpaired) electrons. The van der Waals surface area contributed by atoms with Crippen molar-refractivity contribution in [1.29, 1.82) is 0 Å². The third kappa shape index (κ3) is 4.13. The SMILES string of the molecule is CCS(=O)(=O)NC1CCNCC1C.Cl. The fraction of sp³-hybridized carbons (Fsp3) is 1.00. The lowest BCUT2D eigenvalue weighted by atomic mass is 9.97. The average molecular weight is 243 g/mol. The van der Waals surface area contributed by atoms with Gasteiger partial charge in [-0.2, -0.15) is 0 Å². The Bertz CT molecular complexity index is 256. The highest BCUT2D eigenvalue weighted by Gasteiger charge is 2.24. The first-order valence-corrected chi connectivity index (χ1v) is 6.41. The molecule has 0 aromatic heterocycles. The van der Waals surface area contributed by atoms with Gasteiger partial charge in [-0.15, -0.1) is 12.4 Å². The Labute approximate surface area is 92.3 Å². The van der Waals surface area contributed by atoms with Crippen LogP contribution in [0.3, 0.4) is 0 Å². The Morgan fingerprint density at radius 2 is 2.14 bits per heavy atom. The van der Waals surface area contributed by atoms with Crippen molar-refractivity contribution < 1.29 is 8.42 Å². The predicted molar refractivity (Wildman–Crippen MR) is 60.3 cm³/mol. The van der Waals surface area contributed by atoms with Crippen LogP contribution in [0.1, 0.15) is 20.3 Å². The number of sulfonamides is 1. The molecule has 1 saturated heterocycles. The van der Waals surface area contributed by atoms with Crippen LogP contribution in [0.5, 0.6) is 0 Å². The third-order valence-electron chi connectivity index (χ3n) is 2.50. The summed E-state index contributed by atoms with van der Waals surface area (Å²) in [5.74, 6) is 0.555. The first-order valence-electron chi connectivity index (χ1n) is 4.76. The number of nitrogens with one attached hydrogen (secondary N) is 2. The summed E-state index contributed by atoms with van der Waals surface area (Å²) in [7, 11) is -3.03. The molecule has 1 heterocycles. The van der Waals surface area contributed by atoms with Crippen molar-refractivity contribution in [3.63, 3.8) is 0 Å². The quantitative estimate of drug-likeness (QED) is 0.751. The van der Waals surface area contributed by atoms with E-state index in [2.05, 4.69) is 17.0 Å². The molecule has 0 spiro atoms. The van der Waals surface area contributed by atoms with Gasteiger partial charge in [0.1, 0.15) is 0 Å². The molecule has 1 aliphatic rings. The summed E-state index contributed by atoms with van der Waals surface area (Å²) >= 11 is 0. The van der Waals surface area contributed by atoms with Gasteiger partial charge < -0.3 is 5.32 Å². The maximum atomic E-state index is 11.3. The Hall–Kier alpha value is 0.160. The van der Waals surface area contributed by atoms with Crippen molar-refractivity contribution in [2.24, 2.45) is 5.92 Å². The van der Waals surface area contributed by atoms with E-state index >= 15 is 0 Å². The van der Waals surface area contributed by atoms with Crippen LogP contribution in [-0.4, -0.2) is 33.3 Å². The van der Waals surface area contributed by atoms with Crippen LogP contribution in [0.15, 0.2) is 0 Å². The smallest absolute Gasteiger partial charge is 0.211 e. The zero-order valence-electron chi connectivity index (χ0n) is 8.62. The molecule has 1 rings (SSSR count). The standard InChI is InChI=1S/C8H18N2O2S.ClH/c1-3-13(11,12)10-8-4-5-9-6-7(8)2;/h7-10H,3-6H2,1-2H3;1H. The first kappa shape index (κ1) is 14.2. The van der Waals surface area contributed by atoms with E-state index in [4.69, 9.17) is 0 Å². The lowest BCUT2D eigenvalue weighted by molar-refractivity contribution is 0.328. The van der Waals surface area contributed by atoms with Gasteiger partial charge in [-0.3, -0.25) is 0 Å². The number of rotatable bonds is 3. The number of piperidine rings is 1. The zero-order valence-corrected chi connectivity index (χ0v) is 10.2. The van der Waals surface area contributed by atoms with Gasteiger partial charge in [-0.1, -0.05) is 6.92 Å². The fourth-order valence-electron chi connectivity index (χ4n) is 1.50. The summed E-state index contributed by atoms with van der Waals surface area (Å²) in [4.78, 5) is 0. The van der Waals surface area contributed by atoms with Gasteiger partial charge in [0.15, 0.2) is 0 Å². The molecule has 86 valence electrons. The van der Waals surface area contributed by atoms with Gasteiger partial charge in [0.25, 0.3) is 0 Å². The second-order valence-corrected chi connectivity index (χ2v) is 5.64. The van der Waals surface area contributed by atoms with Crippen molar-refractivity contribution >= 4 is 22.4 Å². The van der Waals surface area contributed by atoms with Crippen molar-refractivity contribution in [3.05, 3.63) is 0 Å². The fourth-order valence-corrected chi connectivity index (χ4v) is 2.48. The summed E-state index contributed by atoms with van der Waals surface area (Å²) < 4.78 is 25.3. The van der Waals surface area contributed by atoms with Gasteiger partial charge in [0.05, 0.1) is 5.75 Å². The molecule has 2 atom stereocenters. The van der Waals surface area contributed by atoms with E-state index in [-0.39, 0.29) is 24.2 Å². The van der Waals surface area contributed by atoms with E-state index in [0.29, 0.717) is 5.92 Å². The summed E-state index contributed by atoms with van der Waals surface area (Å²) in [6.07, 6.45) is 0.889. The van der Waals surface area contributed by atoms with E-state index in [1.807, 2.05) is 0 Å². The Morgan fingerprint density at radius 3 is 2.64 bits per heavy atom. The number of hydrogen-bond acceptors (Lipinski definition) is 3. The van der Waals surface area contributed by atoms with Crippen LogP contribution in [0, 0.1) is 5.92 Å². The minimum Gasteiger partial charge on any atom is -0.316 e. The highest BCUT2D eigenvalue weighted by atomic mass is 35.5. The summed E-state index contributed by atoms with van der Waals surface area (Å²) in [6.45, 7) is 5.53. The van der Waals surface area contributed by atoms with Crippen LogP contribution in [0.2, 0.25) is 0 Å². The maximum absolute atomic E-state index is 11.3. The average Bonchev–Trinajstić information content (AvgIpc) is 2.09. The van der Waals surface area contributed by atoms with Gasteiger partial charge in [0, 0.05) is 6.04 Å². The van der Waals surface area contributed by atoms with Gasteiger partial charge >= 0.3 is 0 Å². The maximum Gasteiger partial charge on any atom is 0.211 e. The molecule has 1 aliphatic heterocycles. The van der Waals surface area contributed by atoms with Gasteiger partial charge in [0.2, 0.25) is 10.0 Å². The molecule has 0 amide bonds. The van der Waals surface area contributed by atoms with Crippen molar-refractivity contribution in [2.75, 3.05) is 18.8 Å². The van der Waals surface area contributed by atoms with Crippen LogP contribution in [0.4, 0.5) is 0 Å². The topological polar surface area (TPSA) is 58.2 Å². The van der Waals surface area contributed by atoms with E-state index in [1.54, 1.807) is 6.92 Å². The normalized spacial score (nSPS) is 28.1. The molecule has 6 heteroatoms. The van der Waals surface area contributed by atoms with Crippen LogP contribution < -0.4 is 10.0 Å². The highest BCUT2D eigenvalue weighted by Crippen LogP contribution is 2.11. The lowest BCUT2D eigenvalue weighted by Gasteiger charge is -2.29. The van der Waals surface area contributed by atoms with E-state index in [9.17, 15) is 8.42 Å². The monoisotopic (exact) mass is 242 g/mol. The summed E-state index contributed by atoms with van der Waals surface area (Å²) in [5.41, 5.74) is 0. The van der Waals surface area contributed by atoms with Crippen LogP contribution in [0.25, 0.3) is 0 Å².